The van der Waals surface area contributed by atoms with Crippen molar-refractivity contribution in [2.75, 3.05) is 37.6 Å². The Kier molecular flexibility index (Phi) is 4.42. The van der Waals surface area contributed by atoms with Crippen LogP contribution < -0.4 is 4.90 Å². The van der Waals surface area contributed by atoms with E-state index in [0.717, 1.165) is 39.1 Å². The molecule has 0 aliphatic carbocycles. The number of fused-ring (bicyclic) bond motifs is 2. The fourth-order valence-corrected chi connectivity index (χ4v) is 4.71. The molecule has 2 aromatic carbocycles. The number of para-hydroxylation sites is 1. The van der Waals surface area contributed by atoms with Crippen LogP contribution in [0, 0.1) is 0 Å². The average molecular weight is 423 g/mol. The lowest BCUT2D eigenvalue weighted by molar-refractivity contribution is 0.261. The second kappa shape index (κ2) is 7.06. The minimum Gasteiger partial charge on any atom is -0.369 e. The predicted molar refractivity (Wildman–Crippen MR) is 117 cm³/mol. The van der Waals surface area contributed by atoms with Gasteiger partial charge in [-0.15, -0.1) is 0 Å². The van der Waals surface area contributed by atoms with Crippen molar-refractivity contribution >= 4 is 43.6 Å². The molecule has 3 heterocycles. The summed E-state index contributed by atoms with van der Waals surface area (Å²) in [6, 6.07) is 17.5. The quantitative estimate of drug-likeness (QED) is 0.518. The van der Waals surface area contributed by atoms with Crippen LogP contribution in [0.2, 0.25) is 0 Å². The molecule has 4 aromatic rings. The second-order valence-electron chi connectivity index (χ2n) is 7.31. The Morgan fingerprint density at radius 2 is 1.81 bits per heavy atom. The normalized spacial score (nSPS) is 15.8. The van der Waals surface area contributed by atoms with Crippen LogP contribution in [-0.2, 0) is 6.42 Å². The standard InChI is InChI=1S/C22H23BrN4/c23-27-16-18(20-3-1-2-4-22(20)27)8-10-25-11-13-26(14-12-25)19-5-6-21-17(15-19)7-9-24-21/h1-7,9,15-16,24H,8,10-14H2. The maximum Gasteiger partial charge on any atom is 0.0594 e. The largest absolute Gasteiger partial charge is 0.369 e. The van der Waals surface area contributed by atoms with Gasteiger partial charge in [0.1, 0.15) is 0 Å². The Hall–Kier alpha value is -2.24. The minimum atomic E-state index is 1.09. The second-order valence-corrected chi connectivity index (χ2v) is 8.07. The first-order valence-electron chi connectivity index (χ1n) is 9.57. The molecule has 5 heteroatoms. The van der Waals surface area contributed by atoms with Gasteiger partial charge in [-0.3, -0.25) is 8.49 Å². The van der Waals surface area contributed by atoms with Gasteiger partial charge in [-0.05, 0) is 42.3 Å². The smallest absolute Gasteiger partial charge is 0.0594 e. The highest BCUT2D eigenvalue weighted by Gasteiger charge is 2.18. The van der Waals surface area contributed by atoms with Gasteiger partial charge in [0.05, 0.1) is 21.7 Å². The molecule has 1 aliphatic rings. The third-order valence-electron chi connectivity index (χ3n) is 5.72. The molecular weight excluding hydrogens is 400 g/mol. The number of anilines is 1. The molecule has 1 saturated heterocycles. The molecule has 1 aliphatic heterocycles. The lowest BCUT2D eigenvalue weighted by atomic mass is 10.1. The third kappa shape index (κ3) is 3.26. The van der Waals surface area contributed by atoms with E-state index >= 15 is 0 Å². The van der Waals surface area contributed by atoms with Gasteiger partial charge >= 0.3 is 0 Å². The number of H-pyrrole nitrogens is 1. The molecule has 0 unspecified atom stereocenters. The number of nitrogens with one attached hydrogen (secondary N) is 1. The number of aromatic amines is 1. The highest BCUT2D eigenvalue weighted by Crippen LogP contribution is 2.25. The Bertz CT molecular complexity index is 1070. The number of aromatic nitrogens is 2. The van der Waals surface area contributed by atoms with E-state index in [9.17, 15) is 0 Å². The number of rotatable bonds is 4. The summed E-state index contributed by atoms with van der Waals surface area (Å²) in [4.78, 5) is 8.37. The number of nitrogens with zero attached hydrogens (tertiary/aromatic N) is 3. The van der Waals surface area contributed by atoms with Gasteiger partial charge in [0.25, 0.3) is 0 Å². The van der Waals surface area contributed by atoms with Crippen LogP contribution in [0.4, 0.5) is 5.69 Å². The molecule has 1 N–H and O–H groups in total. The van der Waals surface area contributed by atoms with Gasteiger partial charge in [0.15, 0.2) is 0 Å². The van der Waals surface area contributed by atoms with Gasteiger partial charge in [0.2, 0.25) is 0 Å². The van der Waals surface area contributed by atoms with E-state index in [1.54, 1.807) is 0 Å². The molecule has 5 rings (SSSR count). The van der Waals surface area contributed by atoms with E-state index in [2.05, 4.69) is 89.3 Å². The Labute approximate surface area is 167 Å². The third-order valence-corrected chi connectivity index (χ3v) is 6.31. The summed E-state index contributed by atoms with van der Waals surface area (Å²) in [7, 11) is 0. The molecule has 2 aromatic heterocycles. The molecule has 1 fully saturated rings. The van der Waals surface area contributed by atoms with Crippen molar-refractivity contribution in [3.63, 3.8) is 0 Å². The van der Waals surface area contributed by atoms with E-state index in [1.165, 1.54) is 33.1 Å². The molecular formula is C22H23BrN4. The summed E-state index contributed by atoms with van der Waals surface area (Å²) >= 11 is 3.63. The van der Waals surface area contributed by atoms with Crippen molar-refractivity contribution in [3.8, 4) is 0 Å². The van der Waals surface area contributed by atoms with Gasteiger partial charge in [0, 0.05) is 67.1 Å². The van der Waals surface area contributed by atoms with E-state index in [-0.39, 0.29) is 0 Å². The molecule has 0 radical (unpaired) electrons. The zero-order valence-corrected chi connectivity index (χ0v) is 16.8. The lowest BCUT2D eigenvalue weighted by Gasteiger charge is -2.36. The number of halogens is 1. The van der Waals surface area contributed by atoms with Gasteiger partial charge in [-0.25, -0.2) is 0 Å². The van der Waals surface area contributed by atoms with E-state index in [4.69, 9.17) is 0 Å². The monoisotopic (exact) mass is 422 g/mol. The zero-order valence-electron chi connectivity index (χ0n) is 15.2. The summed E-state index contributed by atoms with van der Waals surface area (Å²) < 4.78 is 2.06. The molecule has 0 saturated carbocycles. The van der Waals surface area contributed by atoms with Gasteiger partial charge in [-0.1, -0.05) is 18.2 Å². The molecule has 0 spiro atoms. The van der Waals surface area contributed by atoms with Crippen molar-refractivity contribution < 1.29 is 0 Å². The predicted octanol–water partition coefficient (Wildman–Crippen LogP) is 4.65. The molecule has 0 amide bonds. The summed E-state index contributed by atoms with van der Waals surface area (Å²) in [5.74, 6) is 0. The summed E-state index contributed by atoms with van der Waals surface area (Å²) in [5, 5.41) is 2.65. The Morgan fingerprint density at radius 1 is 0.963 bits per heavy atom. The molecule has 0 atom stereocenters. The first-order valence-corrected chi connectivity index (χ1v) is 10.3. The van der Waals surface area contributed by atoms with Crippen LogP contribution in [0.25, 0.3) is 21.8 Å². The molecule has 4 nitrogen and oxygen atoms in total. The van der Waals surface area contributed by atoms with Gasteiger partial charge in [-0.2, -0.15) is 0 Å². The van der Waals surface area contributed by atoms with Crippen molar-refractivity contribution in [3.05, 3.63) is 66.5 Å². The van der Waals surface area contributed by atoms with Crippen LogP contribution >= 0.6 is 16.1 Å². The van der Waals surface area contributed by atoms with E-state index in [1.807, 2.05) is 6.20 Å². The number of piperazine rings is 1. The lowest BCUT2D eigenvalue weighted by Crippen LogP contribution is -2.46. The molecule has 27 heavy (non-hydrogen) atoms. The fraction of sp³-hybridized carbons (Fsp3) is 0.273. The minimum absolute atomic E-state index is 1.09. The summed E-state index contributed by atoms with van der Waals surface area (Å²) in [6.07, 6.45) is 5.32. The van der Waals surface area contributed by atoms with Crippen molar-refractivity contribution in [1.82, 2.24) is 13.5 Å². The maximum atomic E-state index is 3.63. The van der Waals surface area contributed by atoms with Crippen LogP contribution in [0.3, 0.4) is 0 Å². The topological polar surface area (TPSA) is 27.2 Å². The zero-order chi connectivity index (χ0) is 18.2. The summed E-state index contributed by atoms with van der Waals surface area (Å²) in [5.41, 5.74) is 5.22. The van der Waals surface area contributed by atoms with Crippen molar-refractivity contribution in [1.29, 1.82) is 0 Å². The van der Waals surface area contributed by atoms with E-state index in [0.29, 0.717) is 0 Å². The van der Waals surface area contributed by atoms with Crippen LogP contribution in [0.5, 0.6) is 0 Å². The number of benzene rings is 2. The highest BCUT2D eigenvalue weighted by molar-refractivity contribution is 9.08. The average Bonchev–Trinajstić information content (AvgIpc) is 3.31. The van der Waals surface area contributed by atoms with Crippen LogP contribution in [0.15, 0.2) is 60.9 Å². The molecule has 138 valence electrons. The van der Waals surface area contributed by atoms with Crippen molar-refractivity contribution in [2.24, 2.45) is 0 Å². The number of hydrogen-bond donors (Lipinski definition) is 1. The maximum absolute atomic E-state index is 3.63. The van der Waals surface area contributed by atoms with Crippen molar-refractivity contribution in [2.45, 2.75) is 6.42 Å². The highest BCUT2D eigenvalue weighted by atomic mass is 79.9. The van der Waals surface area contributed by atoms with E-state index < -0.39 is 0 Å². The first kappa shape index (κ1) is 16.9. The Morgan fingerprint density at radius 3 is 2.70 bits per heavy atom. The Balaban J connectivity index is 1.21. The van der Waals surface area contributed by atoms with Crippen LogP contribution in [0.1, 0.15) is 5.56 Å². The van der Waals surface area contributed by atoms with Crippen LogP contribution in [-0.4, -0.2) is 46.2 Å². The molecule has 0 bridgehead atoms. The summed E-state index contributed by atoms with van der Waals surface area (Å²) in [6.45, 7) is 5.55. The fourth-order valence-electron chi connectivity index (χ4n) is 4.15. The number of hydrogen-bond acceptors (Lipinski definition) is 2. The van der Waals surface area contributed by atoms with Gasteiger partial charge < -0.3 is 9.88 Å². The SMILES string of the molecule is Brn1cc(CCN2CCN(c3ccc4[nH]ccc4c3)CC2)c2ccccc21. The first-order chi connectivity index (χ1) is 13.3.